The Morgan fingerprint density at radius 3 is 2.81 bits per heavy atom. The molecule has 2 N–H and O–H groups in total. The molecule has 3 rings (SSSR count). The molecular weight excluding hydrogens is 266 g/mol. The minimum Gasteiger partial charge on any atom is -0.439 e. The molecule has 0 unspecified atom stereocenters. The van der Waals surface area contributed by atoms with Gasteiger partial charge in [0.05, 0.1) is 12.2 Å². The Morgan fingerprint density at radius 1 is 1.29 bits per heavy atom. The molecule has 1 saturated carbocycles. The zero-order valence-electron chi connectivity index (χ0n) is 12.3. The van der Waals surface area contributed by atoms with Crippen LogP contribution in [-0.2, 0) is 11.3 Å². The van der Waals surface area contributed by atoms with E-state index in [4.69, 9.17) is 15.2 Å². The minimum atomic E-state index is 0.440. The van der Waals surface area contributed by atoms with Gasteiger partial charge in [-0.05, 0) is 37.5 Å². The first-order valence-electron chi connectivity index (χ1n) is 7.07. The van der Waals surface area contributed by atoms with Crippen molar-refractivity contribution in [3.05, 3.63) is 41.2 Å². The lowest BCUT2D eigenvalue weighted by atomic mass is 10.2. The maximum absolute atomic E-state index is 5.97. The van der Waals surface area contributed by atoms with E-state index in [0.717, 1.165) is 35.5 Å². The van der Waals surface area contributed by atoms with E-state index in [0.29, 0.717) is 24.2 Å². The van der Waals surface area contributed by atoms with Crippen LogP contribution in [0.1, 0.15) is 35.7 Å². The van der Waals surface area contributed by atoms with Gasteiger partial charge in [0, 0.05) is 13.0 Å². The number of nitrogen functional groups attached to an aromatic ring is 1. The fraction of sp³-hybridized carbons (Fsp3) is 0.375. The fourth-order valence-electron chi connectivity index (χ4n) is 2.13. The molecule has 5 nitrogen and oxygen atoms in total. The second-order valence-corrected chi connectivity index (χ2v) is 5.35. The van der Waals surface area contributed by atoms with Crippen molar-refractivity contribution >= 4 is 5.82 Å². The summed E-state index contributed by atoms with van der Waals surface area (Å²) in [6.07, 6.45) is 2.26. The summed E-state index contributed by atoms with van der Waals surface area (Å²) in [7, 11) is 1.67. The van der Waals surface area contributed by atoms with Crippen LogP contribution in [0.2, 0.25) is 0 Å². The third kappa shape index (κ3) is 3.13. The number of rotatable bonds is 5. The van der Waals surface area contributed by atoms with Gasteiger partial charge in [-0.3, -0.25) is 0 Å². The van der Waals surface area contributed by atoms with Crippen molar-refractivity contribution in [1.29, 1.82) is 0 Å². The highest BCUT2D eigenvalue weighted by atomic mass is 16.5. The van der Waals surface area contributed by atoms with Crippen molar-refractivity contribution < 1.29 is 9.47 Å². The summed E-state index contributed by atoms with van der Waals surface area (Å²) in [5.74, 6) is 3.00. The maximum Gasteiger partial charge on any atom is 0.227 e. The summed E-state index contributed by atoms with van der Waals surface area (Å²) < 4.78 is 11.0. The van der Waals surface area contributed by atoms with Crippen molar-refractivity contribution in [2.45, 2.75) is 32.3 Å². The highest BCUT2D eigenvalue weighted by Gasteiger charge is 2.28. The van der Waals surface area contributed by atoms with E-state index < -0.39 is 0 Å². The Balaban J connectivity index is 1.88. The number of anilines is 1. The van der Waals surface area contributed by atoms with Crippen molar-refractivity contribution in [2.24, 2.45) is 0 Å². The van der Waals surface area contributed by atoms with Gasteiger partial charge in [0.15, 0.2) is 0 Å². The molecule has 1 aromatic carbocycles. The summed E-state index contributed by atoms with van der Waals surface area (Å²) in [5, 5.41) is 0. The Bertz CT molecular complexity index is 654. The molecule has 110 valence electrons. The maximum atomic E-state index is 5.97. The molecule has 0 radical (unpaired) electrons. The van der Waals surface area contributed by atoms with E-state index in [1.54, 1.807) is 7.11 Å². The molecule has 1 heterocycles. The number of nitrogens with zero attached hydrogens (tertiary/aromatic N) is 2. The van der Waals surface area contributed by atoms with E-state index >= 15 is 0 Å². The highest BCUT2D eigenvalue weighted by molar-refractivity contribution is 5.46. The van der Waals surface area contributed by atoms with Crippen LogP contribution < -0.4 is 10.5 Å². The molecular formula is C16H19N3O2. The Labute approximate surface area is 124 Å². The van der Waals surface area contributed by atoms with Crippen LogP contribution >= 0.6 is 0 Å². The quantitative estimate of drug-likeness (QED) is 0.913. The van der Waals surface area contributed by atoms with Crippen LogP contribution in [0.5, 0.6) is 11.6 Å². The van der Waals surface area contributed by atoms with Gasteiger partial charge in [-0.2, -0.15) is 4.98 Å². The molecule has 0 atom stereocenters. The normalized spacial score (nSPS) is 14.2. The van der Waals surface area contributed by atoms with Gasteiger partial charge in [0.25, 0.3) is 0 Å². The first-order valence-corrected chi connectivity index (χ1v) is 7.07. The number of ether oxygens (including phenoxy) is 2. The number of aromatic nitrogens is 2. The molecule has 1 aliphatic rings. The Kier molecular flexibility index (Phi) is 3.75. The lowest BCUT2D eigenvalue weighted by molar-refractivity contribution is 0.184. The average Bonchev–Trinajstić information content (AvgIpc) is 3.29. The number of methoxy groups -OCH3 is 1. The summed E-state index contributed by atoms with van der Waals surface area (Å²) >= 11 is 0. The molecule has 0 spiro atoms. The largest absolute Gasteiger partial charge is 0.439 e. The third-order valence-electron chi connectivity index (χ3n) is 3.52. The summed E-state index contributed by atoms with van der Waals surface area (Å²) in [5.41, 5.74) is 7.79. The fourth-order valence-corrected chi connectivity index (χ4v) is 2.13. The molecule has 1 fully saturated rings. The van der Waals surface area contributed by atoms with Crippen LogP contribution in [0.25, 0.3) is 0 Å². The van der Waals surface area contributed by atoms with Crippen molar-refractivity contribution in [2.75, 3.05) is 12.8 Å². The van der Waals surface area contributed by atoms with E-state index in [1.165, 1.54) is 0 Å². The predicted octanol–water partition coefficient (Wildman–Crippen LogP) is 3.18. The predicted molar refractivity (Wildman–Crippen MR) is 80.4 cm³/mol. The molecule has 2 aromatic rings. The summed E-state index contributed by atoms with van der Waals surface area (Å²) in [4.78, 5) is 8.87. The number of nitrogens with two attached hydrogens (primary N) is 1. The number of hydrogen-bond acceptors (Lipinski definition) is 5. The molecule has 0 saturated heterocycles. The molecule has 0 bridgehead atoms. The number of benzene rings is 1. The minimum absolute atomic E-state index is 0.440. The Hall–Kier alpha value is -2.14. The van der Waals surface area contributed by atoms with E-state index in [9.17, 15) is 0 Å². The van der Waals surface area contributed by atoms with Gasteiger partial charge in [0.1, 0.15) is 17.4 Å². The lowest BCUT2D eigenvalue weighted by Crippen LogP contribution is -2.04. The standard InChI is InChI=1S/C16H19N3O2/c1-10-14(17)18-15(12-6-7-12)19-16(10)21-13-5-3-4-11(8-13)9-20-2/h3-5,8,12H,6-7,9H2,1-2H3,(H2,17,18,19). The SMILES string of the molecule is COCc1cccc(Oc2nc(C3CC3)nc(N)c2C)c1. The van der Waals surface area contributed by atoms with Crippen LogP contribution in [0.4, 0.5) is 5.82 Å². The van der Waals surface area contributed by atoms with Gasteiger partial charge in [-0.25, -0.2) is 4.98 Å². The molecule has 1 aromatic heterocycles. The van der Waals surface area contributed by atoms with Gasteiger partial charge in [-0.1, -0.05) is 12.1 Å². The Morgan fingerprint density at radius 2 is 2.10 bits per heavy atom. The zero-order valence-corrected chi connectivity index (χ0v) is 12.3. The van der Waals surface area contributed by atoms with Gasteiger partial charge < -0.3 is 15.2 Å². The van der Waals surface area contributed by atoms with Crippen LogP contribution in [0.15, 0.2) is 24.3 Å². The van der Waals surface area contributed by atoms with Crippen LogP contribution in [-0.4, -0.2) is 17.1 Å². The smallest absolute Gasteiger partial charge is 0.227 e. The molecule has 21 heavy (non-hydrogen) atoms. The van der Waals surface area contributed by atoms with E-state index in [-0.39, 0.29) is 0 Å². The topological polar surface area (TPSA) is 70.3 Å². The van der Waals surface area contributed by atoms with Crippen molar-refractivity contribution in [3.63, 3.8) is 0 Å². The third-order valence-corrected chi connectivity index (χ3v) is 3.52. The second kappa shape index (κ2) is 5.69. The first kappa shape index (κ1) is 13.8. The first-order chi connectivity index (χ1) is 10.2. The van der Waals surface area contributed by atoms with Crippen LogP contribution in [0.3, 0.4) is 0 Å². The van der Waals surface area contributed by atoms with Gasteiger partial charge in [0.2, 0.25) is 5.88 Å². The van der Waals surface area contributed by atoms with E-state index in [2.05, 4.69) is 9.97 Å². The average molecular weight is 285 g/mol. The molecule has 5 heteroatoms. The summed E-state index contributed by atoms with van der Waals surface area (Å²) in [6, 6.07) is 7.77. The van der Waals surface area contributed by atoms with Crippen molar-refractivity contribution in [3.8, 4) is 11.6 Å². The van der Waals surface area contributed by atoms with Gasteiger partial charge >= 0.3 is 0 Å². The number of hydrogen-bond donors (Lipinski definition) is 1. The summed E-state index contributed by atoms with van der Waals surface area (Å²) in [6.45, 7) is 2.43. The van der Waals surface area contributed by atoms with E-state index in [1.807, 2.05) is 31.2 Å². The second-order valence-electron chi connectivity index (χ2n) is 5.35. The zero-order chi connectivity index (χ0) is 14.8. The monoisotopic (exact) mass is 285 g/mol. The molecule has 1 aliphatic carbocycles. The molecule has 0 amide bonds. The molecule has 0 aliphatic heterocycles. The van der Waals surface area contributed by atoms with Crippen molar-refractivity contribution in [1.82, 2.24) is 9.97 Å². The van der Waals surface area contributed by atoms with Crippen LogP contribution in [0, 0.1) is 6.92 Å². The van der Waals surface area contributed by atoms with Gasteiger partial charge in [-0.15, -0.1) is 0 Å². The highest BCUT2D eigenvalue weighted by Crippen LogP contribution is 2.40. The lowest BCUT2D eigenvalue weighted by Gasteiger charge is -2.11.